The topological polar surface area (TPSA) is 56.2 Å². The average molecular weight is 340 g/mol. The molecule has 25 heavy (non-hydrogen) atoms. The van der Waals surface area contributed by atoms with Gasteiger partial charge >= 0.3 is 0 Å². The Labute approximate surface area is 143 Å². The number of nitrogens with one attached hydrogen (secondary N) is 1. The van der Waals surface area contributed by atoms with E-state index in [1.54, 1.807) is 44.6 Å². The zero-order valence-corrected chi connectivity index (χ0v) is 13.9. The minimum Gasteiger partial charge on any atom is -0.497 e. The Morgan fingerprint density at radius 1 is 1.16 bits per heavy atom. The van der Waals surface area contributed by atoms with Gasteiger partial charge in [0.2, 0.25) is 0 Å². The summed E-state index contributed by atoms with van der Waals surface area (Å²) in [6, 6.07) is 11.1. The van der Waals surface area contributed by atoms with Crippen LogP contribution in [0.3, 0.4) is 0 Å². The number of nitrogens with zero attached hydrogens (tertiary/aromatic N) is 1. The first kappa shape index (κ1) is 16.6. The maximum absolute atomic E-state index is 13.4. The molecule has 5 nitrogen and oxygen atoms in total. The number of benzene rings is 2. The second kappa shape index (κ2) is 6.68. The van der Waals surface area contributed by atoms with Gasteiger partial charge in [0.15, 0.2) is 0 Å². The summed E-state index contributed by atoms with van der Waals surface area (Å²) < 4.78 is 25.2. The van der Waals surface area contributed by atoms with Crippen LogP contribution in [0.1, 0.15) is 5.56 Å². The molecule has 128 valence electrons. The van der Waals surface area contributed by atoms with Crippen LogP contribution in [0.25, 0.3) is 18.3 Å². The van der Waals surface area contributed by atoms with Crippen LogP contribution in [-0.2, 0) is 0 Å². The number of rotatable bonds is 4. The number of methoxy groups -OCH3 is 2. The van der Waals surface area contributed by atoms with Crippen LogP contribution < -0.4 is 25.6 Å². The van der Waals surface area contributed by atoms with Crippen molar-refractivity contribution >= 4 is 12.7 Å². The predicted molar refractivity (Wildman–Crippen MR) is 94.2 cm³/mol. The van der Waals surface area contributed by atoms with E-state index in [2.05, 4.69) is 11.7 Å². The summed E-state index contributed by atoms with van der Waals surface area (Å²) in [6.07, 6.45) is 1.68. The van der Waals surface area contributed by atoms with Gasteiger partial charge in [0.25, 0.3) is 5.56 Å². The Bertz CT molecular complexity index is 1080. The molecule has 6 heteroatoms. The van der Waals surface area contributed by atoms with Crippen LogP contribution in [0.4, 0.5) is 4.39 Å². The molecule has 0 saturated carbocycles. The highest BCUT2D eigenvalue weighted by atomic mass is 19.1. The molecule has 1 heterocycles. The molecule has 3 rings (SSSR count). The van der Waals surface area contributed by atoms with Gasteiger partial charge in [-0.25, -0.2) is 9.07 Å². The van der Waals surface area contributed by atoms with Crippen LogP contribution in [0.15, 0.2) is 47.3 Å². The Kier molecular flexibility index (Phi) is 4.43. The monoisotopic (exact) mass is 340 g/mol. The standard InChI is InChI=1S/C19H17FN2O3/c1-12-17(9-13-7-8-16(24-2)11-18(13)25-3)19(23)22(21-12)15-6-4-5-14(20)10-15/h4-11,21H,1H2,2-3H3. The van der Waals surface area contributed by atoms with Crippen molar-refractivity contribution in [1.29, 1.82) is 0 Å². The van der Waals surface area contributed by atoms with Crippen molar-refractivity contribution in [3.8, 4) is 17.2 Å². The lowest BCUT2D eigenvalue weighted by atomic mass is 10.1. The molecular weight excluding hydrogens is 323 g/mol. The lowest BCUT2D eigenvalue weighted by molar-refractivity contribution is 0.393. The smallest absolute Gasteiger partial charge is 0.279 e. The first-order chi connectivity index (χ1) is 12.0. The summed E-state index contributed by atoms with van der Waals surface area (Å²) in [6.45, 7) is 3.87. The normalized spacial score (nSPS) is 11.6. The first-order valence-corrected chi connectivity index (χ1v) is 7.53. The average Bonchev–Trinajstić information content (AvgIpc) is 2.90. The van der Waals surface area contributed by atoms with Crippen LogP contribution in [0.5, 0.6) is 11.5 Å². The van der Waals surface area contributed by atoms with Crippen LogP contribution >= 0.6 is 0 Å². The Balaban J connectivity index is 2.18. The minimum absolute atomic E-state index is 0.325. The van der Waals surface area contributed by atoms with E-state index >= 15 is 0 Å². The molecule has 2 aromatic carbocycles. The van der Waals surface area contributed by atoms with Gasteiger partial charge in [0.1, 0.15) is 17.3 Å². The van der Waals surface area contributed by atoms with Gasteiger partial charge in [-0.2, -0.15) is 0 Å². The number of halogens is 1. The molecule has 0 fully saturated rings. The number of H-pyrrole nitrogens is 1. The summed E-state index contributed by atoms with van der Waals surface area (Å²) in [5.74, 6) is 0.790. The lowest BCUT2D eigenvalue weighted by Crippen LogP contribution is -2.34. The van der Waals surface area contributed by atoms with Crippen molar-refractivity contribution in [1.82, 2.24) is 9.78 Å². The molecule has 1 aromatic heterocycles. The fraction of sp³-hybridized carbons (Fsp3) is 0.105. The molecule has 0 spiro atoms. The fourth-order valence-corrected chi connectivity index (χ4v) is 2.53. The molecule has 0 radical (unpaired) electrons. The second-order valence-corrected chi connectivity index (χ2v) is 5.38. The maximum Gasteiger partial charge on any atom is 0.279 e. The minimum atomic E-state index is -0.424. The second-order valence-electron chi connectivity index (χ2n) is 5.38. The Hall–Kier alpha value is -3.28. The summed E-state index contributed by atoms with van der Waals surface area (Å²) in [5, 5.41) is 3.66. The molecule has 0 atom stereocenters. The van der Waals surface area contributed by atoms with Crippen molar-refractivity contribution in [2.24, 2.45) is 0 Å². The van der Waals surface area contributed by atoms with E-state index in [-0.39, 0.29) is 5.56 Å². The van der Waals surface area contributed by atoms with E-state index in [1.165, 1.54) is 22.9 Å². The van der Waals surface area contributed by atoms with Crippen LogP contribution in [-0.4, -0.2) is 24.0 Å². The molecule has 0 amide bonds. The SMILES string of the molecule is C=c1[nH]n(-c2cccc(F)c2)c(=O)c1=Cc1ccc(OC)cc1OC. The molecule has 0 aliphatic rings. The summed E-state index contributed by atoms with van der Waals surface area (Å²) in [7, 11) is 3.11. The van der Waals surface area contributed by atoms with Crippen molar-refractivity contribution in [2.45, 2.75) is 0 Å². The first-order valence-electron chi connectivity index (χ1n) is 7.53. The van der Waals surface area contributed by atoms with Crippen molar-refractivity contribution in [3.05, 3.63) is 74.8 Å². The molecule has 1 N–H and O–H groups in total. The molecule has 0 aliphatic carbocycles. The van der Waals surface area contributed by atoms with Crippen molar-refractivity contribution in [3.63, 3.8) is 0 Å². The number of ether oxygens (including phenoxy) is 2. The number of hydrogen-bond acceptors (Lipinski definition) is 3. The zero-order valence-electron chi connectivity index (χ0n) is 13.9. The van der Waals surface area contributed by atoms with E-state index in [0.717, 1.165) is 0 Å². The van der Waals surface area contributed by atoms with Gasteiger partial charge in [-0.05, 0) is 36.4 Å². The third-order valence-corrected chi connectivity index (χ3v) is 3.81. The molecule has 0 unspecified atom stereocenters. The van der Waals surface area contributed by atoms with Gasteiger partial charge in [-0.15, -0.1) is 0 Å². The number of aromatic amines is 1. The van der Waals surface area contributed by atoms with Crippen LogP contribution in [0.2, 0.25) is 0 Å². The third-order valence-electron chi connectivity index (χ3n) is 3.81. The van der Waals surface area contributed by atoms with Crippen molar-refractivity contribution in [2.75, 3.05) is 14.2 Å². The quantitative estimate of drug-likeness (QED) is 0.784. The van der Waals surface area contributed by atoms with Gasteiger partial charge in [-0.1, -0.05) is 12.6 Å². The van der Waals surface area contributed by atoms with E-state index in [4.69, 9.17) is 9.47 Å². The number of aromatic nitrogens is 2. The highest BCUT2D eigenvalue weighted by Gasteiger charge is 2.08. The Morgan fingerprint density at radius 2 is 1.96 bits per heavy atom. The summed E-state index contributed by atoms with van der Waals surface area (Å²) in [4.78, 5) is 12.7. The zero-order chi connectivity index (χ0) is 18.0. The van der Waals surface area contributed by atoms with Crippen LogP contribution in [0, 0.1) is 5.82 Å². The fourth-order valence-electron chi connectivity index (χ4n) is 2.53. The summed E-state index contributed by atoms with van der Waals surface area (Å²) in [5.41, 5.74) is 0.778. The van der Waals surface area contributed by atoms with Gasteiger partial charge in [-0.3, -0.25) is 9.89 Å². The largest absolute Gasteiger partial charge is 0.497 e. The van der Waals surface area contributed by atoms with E-state index in [0.29, 0.717) is 33.3 Å². The highest BCUT2D eigenvalue weighted by Crippen LogP contribution is 2.24. The summed E-state index contributed by atoms with van der Waals surface area (Å²) >= 11 is 0. The van der Waals surface area contributed by atoms with Gasteiger partial charge < -0.3 is 9.47 Å². The maximum atomic E-state index is 13.4. The molecule has 0 bridgehead atoms. The van der Waals surface area contributed by atoms with Crippen molar-refractivity contribution < 1.29 is 13.9 Å². The third kappa shape index (κ3) is 3.19. The number of hydrogen-bond donors (Lipinski definition) is 1. The van der Waals surface area contributed by atoms with Gasteiger partial charge in [0, 0.05) is 11.6 Å². The molecular formula is C19H17FN2O3. The van der Waals surface area contributed by atoms with E-state index in [1.807, 2.05) is 0 Å². The van der Waals surface area contributed by atoms with E-state index in [9.17, 15) is 9.18 Å². The lowest BCUT2D eigenvalue weighted by Gasteiger charge is -2.06. The molecule has 0 saturated heterocycles. The highest BCUT2D eigenvalue weighted by molar-refractivity contribution is 5.59. The Morgan fingerprint density at radius 3 is 2.64 bits per heavy atom. The molecule has 3 aromatic rings. The van der Waals surface area contributed by atoms with Gasteiger partial charge in [0.05, 0.1) is 30.5 Å². The molecule has 0 aliphatic heterocycles. The predicted octanol–water partition coefficient (Wildman–Crippen LogP) is 1.56. The van der Waals surface area contributed by atoms with E-state index < -0.39 is 5.82 Å².